The van der Waals surface area contributed by atoms with Gasteiger partial charge in [-0.25, -0.2) is 9.89 Å². The van der Waals surface area contributed by atoms with Crippen LogP contribution in [0.5, 0.6) is 0 Å². The molecule has 6 nitrogen and oxygen atoms in total. The lowest BCUT2D eigenvalue weighted by molar-refractivity contribution is -0.123. The third-order valence-corrected chi connectivity index (χ3v) is 5.85. The molecule has 1 amide bonds. The first-order valence-corrected chi connectivity index (χ1v) is 9.07. The van der Waals surface area contributed by atoms with Gasteiger partial charge in [0, 0.05) is 17.9 Å². The van der Waals surface area contributed by atoms with Gasteiger partial charge < -0.3 is 5.32 Å². The summed E-state index contributed by atoms with van der Waals surface area (Å²) in [5.74, 6) is 0.649. The van der Waals surface area contributed by atoms with Crippen LogP contribution < -0.4 is 11.0 Å². The maximum atomic E-state index is 12.8. The molecule has 1 aromatic heterocycles. The number of rotatable bonds is 6. The maximum Gasteiger partial charge on any atom is 0.340 e. The molecule has 1 saturated carbocycles. The summed E-state index contributed by atoms with van der Waals surface area (Å²) in [5.41, 5.74) is 0.899. The van der Waals surface area contributed by atoms with Crippen LogP contribution in [-0.4, -0.2) is 32.4 Å². The average molecular weight is 346 g/mol. The molecule has 3 rings (SSSR count). The van der Waals surface area contributed by atoms with Crippen molar-refractivity contribution >= 4 is 17.7 Å². The molecular weight excluding hydrogens is 324 g/mol. The minimum Gasteiger partial charge on any atom is -0.354 e. The highest BCUT2D eigenvalue weighted by molar-refractivity contribution is 8.01. The van der Waals surface area contributed by atoms with E-state index in [1.807, 2.05) is 0 Å². The van der Waals surface area contributed by atoms with Crippen LogP contribution in [0.1, 0.15) is 37.1 Å². The minimum absolute atomic E-state index is 0.0865. The van der Waals surface area contributed by atoms with Gasteiger partial charge in [0.15, 0.2) is 0 Å². The normalized spacial score (nSPS) is 16.2. The topological polar surface area (TPSA) is 90.6 Å². The maximum absolute atomic E-state index is 12.8. The summed E-state index contributed by atoms with van der Waals surface area (Å²) in [6.07, 6.45) is 4.47. The molecule has 7 heteroatoms. The van der Waals surface area contributed by atoms with Crippen molar-refractivity contribution in [1.29, 1.82) is 0 Å². The van der Waals surface area contributed by atoms with Crippen LogP contribution in [0.15, 0.2) is 34.0 Å². The average Bonchev–Trinajstić information content (AvgIpc) is 3.20. The quantitative estimate of drug-likeness (QED) is 0.748. The molecule has 128 valence electrons. The second kappa shape index (κ2) is 7.25. The number of aryl methyl sites for hydroxylation is 1. The number of H-pyrrole nitrogens is 2. The first-order valence-electron chi connectivity index (χ1n) is 8.25. The lowest BCUT2D eigenvalue weighted by Crippen LogP contribution is -2.43. The molecule has 0 radical (unpaired) electrons. The molecule has 2 aromatic rings. The molecule has 0 saturated heterocycles. The van der Waals surface area contributed by atoms with Crippen molar-refractivity contribution in [2.45, 2.75) is 48.7 Å². The molecule has 3 N–H and O–H groups in total. The zero-order valence-corrected chi connectivity index (χ0v) is 14.5. The smallest absolute Gasteiger partial charge is 0.340 e. The van der Waals surface area contributed by atoms with E-state index in [4.69, 9.17) is 0 Å². The Morgan fingerprint density at radius 1 is 1.29 bits per heavy atom. The zero-order chi connectivity index (χ0) is 17.0. The summed E-state index contributed by atoms with van der Waals surface area (Å²) in [6.45, 7) is 2.53. The largest absolute Gasteiger partial charge is 0.354 e. The van der Waals surface area contributed by atoms with E-state index in [0.717, 1.165) is 30.6 Å². The molecule has 1 heterocycles. The molecule has 0 aliphatic heterocycles. The van der Waals surface area contributed by atoms with Crippen molar-refractivity contribution in [2.24, 2.45) is 0 Å². The van der Waals surface area contributed by atoms with Crippen LogP contribution >= 0.6 is 11.8 Å². The number of amides is 1. The lowest BCUT2D eigenvalue weighted by Gasteiger charge is -2.27. The van der Waals surface area contributed by atoms with Gasteiger partial charge in [-0.2, -0.15) is 5.10 Å². The molecule has 0 bridgehead atoms. The summed E-state index contributed by atoms with van der Waals surface area (Å²) in [7, 11) is 0. The predicted molar refractivity (Wildman–Crippen MR) is 94.2 cm³/mol. The van der Waals surface area contributed by atoms with Crippen molar-refractivity contribution in [3.63, 3.8) is 0 Å². The summed E-state index contributed by atoms with van der Waals surface area (Å²) < 4.78 is -0.381. The monoisotopic (exact) mass is 346 g/mol. The van der Waals surface area contributed by atoms with Crippen LogP contribution in [0.3, 0.4) is 0 Å². The van der Waals surface area contributed by atoms with Gasteiger partial charge in [0.2, 0.25) is 5.91 Å². The Kier molecular flexibility index (Phi) is 5.08. The standard InChI is InChI=1S/C17H22N4O2S/c1-12-4-6-13(7-5-12)24-17(9-2-3-10-17)15(22)18-11-8-14-19-16(23)21-20-14/h4-7H,2-3,8-11H2,1H3,(H,18,22)(H2,19,20,21,23). The fourth-order valence-electron chi connectivity index (χ4n) is 3.03. The predicted octanol–water partition coefficient (Wildman–Crippen LogP) is 2.17. The van der Waals surface area contributed by atoms with Gasteiger partial charge >= 0.3 is 5.69 Å². The highest BCUT2D eigenvalue weighted by Crippen LogP contribution is 2.45. The minimum atomic E-state index is -0.381. The molecule has 24 heavy (non-hydrogen) atoms. The number of hydrogen-bond acceptors (Lipinski definition) is 4. The third-order valence-electron chi connectivity index (χ3n) is 4.36. The van der Waals surface area contributed by atoms with E-state index in [-0.39, 0.29) is 16.3 Å². The van der Waals surface area contributed by atoms with E-state index in [9.17, 15) is 9.59 Å². The summed E-state index contributed by atoms with van der Waals surface area (Å²) >= 11 is 1.67. The SMILES string of the molecule is Cc1ccc(SC2(C(=O)NCCc3n[nH]c(=O)[nH]3)CCCC2)cc1. The van der Waals surface area contributed by atoms with Crippen molar-refractivity contribution in [2.75, 3.05) is 6.54 Å². The highest BCUT2D eigenvalue weighted by atomic mass is 32.2. The van der Waals surface area contributed by atoms with Crippen molar-refractivity contribution in [1.82, 2.24) is 20.5 Å². The summed E-state index contributed by atoms with van der Waals surface area (Å²) in [5, 5.41) is 9.20. The zero-order valence-electron chi connectivity index (χ0n) is 13.7. The van der Waals surface area contributed by atoms with E-state index in [2.05, 4.69) is 51.7 Å². The van der Waals surface area contributed by atoms with E-state index >= 15 is 0 Å². The Morgan fingerprint density at radius 3 is 2.62 bits per heavy atom. The van der Waals surface area contributed by atoms with Crippen LogP contribution in [0, 0.1) is 6.92 Å². The molecule has 0 spiro atoms. The van der Waals surface area contributed by atoms with Crippen LogP contribution in [0.25, 0.3) is 0 Å². The first kappa shape index (κ1) is 16.8. The molecule has 1 aliphatic rings. The molecular formula is C17H22N4O2S. The summed E-state index contributed by atoms with van der Waals surface area (Å²) in [4.78, 5) is 27.5. The Morgan fingerprint density at radius 2 is 2.00 bits per heavy atom. The number of nitrogens with zero attached hydrogens (tertiary/aromatic N) is 1. The number of aromatic amines is 2. The van der Waals surface area contributed by atoms with Crippen molar-refractivity contribution in [3.8, 4) is 0 Å². The highest BCUT2D eigenvalue weighted by Gasteiger charge is 2.41. The van der Waals surface area contributed by atoms with Crippen LogP contribution in [-0.2, 0) is 11.2 Å². The number of nitrogens with one attached hydrogen (secondary N) is 3. The Bertz CT molecular complexity index is 744. The van der Waals surface area contributed by atoms with Gasteiger partial charge in [-0.3, -0.25) is 9.78 Å². The number of aromatic nitrogens is 3. The van der Waals surface area contributed by atoms with Gasteiger partial charge in [0.1, 0.15) is 5.82 Å². The van der Waals surface area contributed by atoms with Gasteiger partial charge in [0.05, 0.1) is 4.75 Å². The van der Waals surface area contributed by atoms with Gasteiger partial charge in [-0.1, -0.05) is 30.5 Å². The van der Waals surface area contributed by atoms with E-state index in [0.29, 0.717) is 18.8 Å². The second-order valence-electron chi connectivity index (χ2n) is 6.25. The number of benzene rings is 1. The first-order chi connectivity index (χ1) is 11.6. The molecule has 1 aliphatic carbocycles. The summed E-state index contributed by atoms with van der Waals surface area (Å²) in [6, 6.07) is 8.33. The fraction of sp³-hybridized carbons (Fsp3) is 0.471. The van der Waals surface area contributed by atoms with E-state index in [1.165, 1.54) is 5.56 Å². The van der Waals surface area contributed by atoms with Crippen LogP contribution in [0.2, 0.25) is 0 Å². The second-order valence-corrected chi connectivity index (χ2v) is 7.70. The number of thioether (sulfide) groups is 1. The molecule has 1 fully saturated rings. The Labute approximate surface area is 144 Å². The van der Waals surface area contributed by atoms with Crippen LogP contribution in [0.4, 0.5) is 0 Å². The molecule has 0 unspecified atom stereocenters. The van der Waals surface area contributed by atoms with Gasteiger partial charge in [-0.15, -0.1) is 11.8 Å². The van der Waals surface area contributed by atoms with Crippen molar-refractivity contribution < 1.29 is 4.79 Å². The Balaban J connectivity index is 1.62. The third kappa shape index (κ3) is 3.90. The van der Waals surface area contributed by atoms with E-state index in [1.54, 1.807) is 11.8 Å². The van der Waals surface area contributed by atoms with E-state index < -0.39 is 0 Å². The molecule has 1 aromatic carbocycles. The fourth-order valence-corrected chi connectivity index (χ4v) is 4.41. The van der Waals surface area contributed by atoms with Crippen molar-refractivity contribution in [3.05, 3.63) is 46.1 Å². The Hall–Kier alpha value is -2.02. The number of hydrogen-bond donors (Lipinski definition) is 3. The van der Waals surface area contributed by atoms with Gasteiger partial charge in [0.25, 0.3) is 0 Å². The van der Waals surface area contributed by atoms with Gasteiger partial charge in [-0.05, 0) is 31.9 Å². The number of carbonyl (C=O) groups is 1. The number of carbonyl (C=O) groups excluding carboxylic acids is 1. The lowest BCUT2D eigenvalue weighted by atomic mass is 10.1. The molecule has 0 atom stereocenters.